The van der Waals surface area contributed by atoms with Crippen molar-refractivity contribution in [2.75, 3.05) is 13.2 Å². The summed E-state index contributed by atoms with van der Waals surface area (Å²) in [6, 6.07) is 10.1. The summed E-state index contributed by atoms with van der Waals surface area (Å²) in [6.07, 6.45) is 9.13. The second kappa shape index (κ2) is 7.49. The van der Waals surface area contributed by atoms with Crippen molar-refractivity contribution in [1.82, 2.24) is 9.88 Å². The van der Waals surface area contributed by atoms with Crippen LogP contribution in [0.5, 0.6) is 0 Å². The largest absolute Gasteiger partial charge is 0.478 e. The number of allylic oxidation sites excluding steroid dienone is 1. The van der Waals surface area contributed by atoms with Gasteiger partial charge in [-0.2, -0.15) is 0 Å². The lowest BCUT2D eigenvalue weighted by Crippen LogP contribution is -2.55. The van der Waals surface area contributed by atoms with Crippen molar-refractivity contribution in [3.8, 4) is 0 Å². The molecule has 5 atom stereocenters. The summed E-state index contributed by atoms with van der Waals surface area (Å²) in [5.74, 6) is 1.54. The van der Waals surface area contributed by atoms with Gasteiger partial charge in [0.15, 0.2) is 0 Å². The molecule has 7 rings (SSSR count). The molecule has 1 aromatic carbocycles. The topological polar surface area (TPSA) is 65.6 Å². The zero-order valence-electron chi connectivity index (χ0n) is 18.2. The zero-order valence-corrected chi connectivity index (χ0v) is 18.2. The number of aliphatic carboxylic acids is 1. The summed E-state index contributed by atoms with van der Waals surface area (Å²) in [6.45, 7) is 4.09. The van der Waals surface area contributed by atoms with E-state index < -0.39 is 5.97 Å². The van der Waals surface area contributed by atoms with Gasteiger partial charge in [0, 0.05) is 41.4 Å². The van der Waals surface area contributed by atoms with Crippen LogP contribution in [0, 0.1) is 23.7 Å². The highest BCUT2D eigenvalue weighted by molar-refractivity contribution is 5.85. The lowest BCUT2D eigenvalue weighted by atomic mass is 9.53. The maximum Gasteiger partial charge on any atom is 0.327 e. The van der Waals surface area contributed by atoms with Crippen LogP contribution in [0.1, 0.15) is 49.9 Å². The number of benzene rings is 1. The molecule has 0 radical (unpaired) electrons. The predicted octanol–water partition coefficient (Wildman–Crippen LogP) is 4.55. The highest BCUT2D eigenvalue weighted by Crippen LogP contribution is 2.58. The average molecular weight is 421 g/mol. The Morgan fingerprint density at radius 1 is 1.23 bits per heavy atom. The fourth-order valence-corrected chi connectivity index (χ4v) is 7.23. The number of carbonyl (C=O) groups is 1. The van der Waals surface area contributed by atoms with Crippen molar-refractivity contribution in [2.24, 2.45) is 23.7 Å². The third kappa shape index (κ3) is 3.16. The lowest BCUT2D eigenvalue weighted by molar-refractivity contribution is -0.131. The minimum Gasteiger partial charge on any atom is -0.478 e. The molecular formula is C26H32N2O3. The van der Waals surface area contributed by atoms with E-state index in [2.05, 4.69) is 41.1 Å². The van der Waals surface area contributed by atoms with Crippen LogP contribution in [0.4, 0.5) is 0 Å². The molecular weight excluding hydrogens is 388 g/mol. The molecule has 4 fully saturated rings. The number of ether oxygens (including phenoxy) is 1. The Bertz CT molecular complexity index is 1010. The van der Waals surface area contributed by atoms with Gasteiger partial charge in [-0.3, -0.25) is 4.90 Å². The molecule has 164 valence electrons. The van der Waals surface area contributed by atoms with Crippen LogP contribution in [-0.4, -0.2) is 46.3 Å². The lowest BCUT2D eigenvalue weighted by Gasteiger charge is -2.57. The van der Waals surface area contributed by atoms with E-state index in [1.165, 1.54) is 41.1 Å². The van der Waals surface area contributed by atoms with E-state index >= 15 is 0 Å². The van der Waals surface area contributed by atoms with Gasteiger partial charge < -0.3 is 14.8 Å². The highest BCUT2D eigenvalue weighted by Gasteiger charge is 2.52. The second-order valence-corrected chi connectivity index (χ2v) is 10.3. The van der Waals surface area contributed by atoms with E-state index in [0.717, 1.165) is 38.4 Å². The molecule has 5 aliphatic rings. The van der Waals surface area contributed by atoms with E-state index in [4.69, 9.17) is 4.74 Å². The van der Waals surface area contributed by atoms with Crippen LogP contribution in [0.2, 0.25) is 0 Å². The first-order valence-corrected chi connectivity index (χ1v) is 12.0. The fraction of sp³-hybridized carbons (Fsp3) is 0.577. The van der Waals surface area contributed by atoms with Crippen LogP contribution in [0.25, 0.3) is 10.9 Å². The molecule has 1 saturated heterocycles. The molecule has 5 unspecified atom stereocenters. The van der Waals surface area contributed by atoms with Crippen LogP contribution in [0.3, 0.4) is 0 Å². The number of aromatic amines is 1. The number of fused-ring (bicyclic) bond motifs is 5. The number of hydrogen-bond donors (Lipinski definition) is 2. The third-order valence-corrected chi connectivity index (χ3v) is 8.66. The molecule has 5 heteroatoms. The molecule has 3 saturated carbocycles. The number of rotatable bonds is 4. The molecule has 31 heavy (non-hydrogen) atoms. The third-order valence-electron chi connectivity index (χ3n) is 8.66. The van der Waals surface area contributed by atoms with Crippen LogP contribution >= 0.6 is 0 Å². The monoisotopic (exact) mass is 420 g/mol. The molecule has 5 nitrogen and oxygen atoms in total. The zero-order chi connectivity index (χ0) is 21.1. The molecule has 1 aromatic heterocycles. The molecule has 2 aliphatic heterocycles. The molecule has 0 spiro atoms. The minimum absolute atomic E-state index is 0.366. The Hall–Kier alpha value is -2.11. The number of carboxylic acid groups (broad SMARTS) is 1. The van der Waals surface area contributed by atoms with Gasteiger partial charge in [0.1, 0.15) is 0 Å². The quantitative estimate of drug-likeness (QED) is 0.713. The van der Waals surface area contributed by atoms with Gasteiger partial charge in [0.2, 0.25) is 0 Å². The van der Waals surface area contributed by atoms with Crippen molar-refractivity contribution < 1.29 is 14.6 Å². The molecule has 0 amide bonds. The van der Waals surface area contributed by atoms with Crippen molar-refractivity contribution in [2.45, 2.75) is 57.2 Å². The number of nitrogens with zero attached hydrogens (tertiary/aromatic N) is 1. The average Bonchev–Trinajstić information content (AvgIpc) is 3.38. The van der Waals surface area contributed by atoms with E-state index in [1.54, 1.807) is 0 Å². The number of aromatic nitrogens is 1. The Labute approximate surface area is 183 Å². The Morgan fingerprint density at radius 2 is 2.06 bits per heavy atom. The van der Waals surface area contributed by atoms with Crippen molar-refractivity contribution in [1.29, 1.82) is 0 Å². The summed E-state index contributed by atoms with van der Waals surface area (Å²) < 4.78 is 5.84. The van der Waals surface area contributed by atoms with E-state index in [0.29, 0.717) is 35.9 Å². The Morgan fingerprint density at radius 3 is 2.84 bits per heavy atom. The highest BCUT2D eigenvalue weighted by atomic mass is 16.5. The SMILES string of the molecule is CC1Cc2c([nH]c3ccccc23)C(C2CC(/C=C/C(=O)O)C3CC2C3)N1C1CCOC1. The van der Waals surface area contributed by atoms with Gasteiger partial charge in [-0.15, -0.1) is 0 Å². The van der Waals surface area contributed by atoms with Gasteiger partial charge in [-0.1, -0.05) is 24.3 Å². The van der Waals surface area contributed by atoms with Gasteiger partial charge in [0.05, 0.1) is 12.6 Å². The number of nitrogens with one attached hydrogen (secondary N) is 1. The standard InChI is InChI=1S/C26H32N2O3/c1-15-10-22-20-4-2-3-5-23(20)27-25(22)26(28(15)19-8-9-31-14-19)21-13-16(6-7-24(29)30)17-11-18(21)12-17/h2-7,15-19,21,26-27H,8-14H2,1H3,(H,29,30)/b7-6+. The molecule has 2 aromatic rings. The normalized spacial score (nSPS) is 37.8. The van der Waals surface area contributed by atoms with E-state index in [1.807, 2.05) is 6.08 Å². The summed E-state index contributed by atoms with van der Waals surface area (Å²) in [7, 11) is 0. The van der Waals surface area contributed by atoms with Crippen LogP contribution in [-0.2, 0) is 16.0 Å². The number of H-pyrrole nitrogens is 1. The molecule has 2 N–H and O–H groups in total. The van der Waals surface area contributed by atoms with Gasteiger partial charge >= 0.3 is 5.97 Å². The van der Waals surface area contributed by atoms with Crippen molar-refractivity contribution >= 4 is 16.9 Å². The fourth-order valence-electron chi connectivity index (χ4n) is 7.23. The van der Waals surface area contributed by atoms with Crippen molar-refractivity contribution in [3.05, 3.63) is 47.7 Å². The Kier molecular flexibility index (Phi) is 4.73. The second-order valence-electron chi connectivity index (χ2n) is 10.3. The number of carboxylic acids is 1. The predicted molar refractivity (Wildman–Crippen MR) is 120 cm³/mol. The number of hydrogen-bond acceptors (Lipinski definition) is 3. The molecule has 3 heterocycles. The van der Waals surface area contributed by atoms with Crippen LogP contribution in [0.15, 0.2) is 36.4 Å². The van der Waals surface area contributed by atoms with Crippen LogP contribution < -0.4 is 0 Å². The smallest absolute Gasteiger partial charge is 0.327 e. The minimum atomic E-state index is -0.827. The first kappa shape index (κ1) is 19.6. The Balaban J connectivity index is 1.43. The first-order valence-electron chi connectivity index (χ1n) is 12.0. The maximum absolute atomic E-state index is 11.2. The summed E-state index contributed by atoms with van der Waals surface area (Å²) >= 11 is 0. The van der Waals surface area contributed by atoms with Crippen molar-refractivity contribution in [3.63, 3.8) is 0 Å². The maximum atomic E-state index is 11.2. The van der Waals surface area contributed by atoms with Gasteiger partial charge in [0.25, 0.3) is 0 Å². The summed E-state index contributed by atoms with van der Waals surface area (Å²) in [4.78, 5) is 17.8. The summed E-state index contributed by atoms with van der Waals surface area (Å²) in [5.41, 5.74) is 4.17. The molecule has 2 bridgehead atoms. The molecule has 3 aliphatic carbocycles. The van der Waals surface area contributed by atoms with Gasteiger partial charge in [-0.05, 0) is 74.3 Å². The van der Waals surface area contributed by atoms with E-state index in [-0.39, 0.29) is 0 Å². The first-order chi connectivity index (χ1) is 15.1. The summed E-state index contributed by atoms with van der Waals surface area (Å²) in [5, 5.41) is 10.6. The van der Waals surface area contributed by atoms with Gasteiger partial charge in [-0.25, -0.2) is 4.79 Å². The van der Waals surface area contributed by atoms with E-state index in [9.17, 15) is 9.90 Å². The number of para-hydroxylation sites is 1.